The number of hydrogen-bond acceptors (Lipinski definition) is 4. The first-order chi connectivity index (χ1) is 12.4. The van der Waals surface area contributed by atoms with Crippen LogP contribution in [-0.2, 0) is 13.0 Å². The van der Waals surface area contributed by atoms with Gasteiger partial charge in [-0.1, -0.05) is 12.1 Å². The van der Waals surface area contributed by atoms with Crippen molar-refractivity contribution in [2.24, 2.45) is 0 Å². The van der Waals surface area contributed by atoms with Gasteiger partial charge in [-0.15, -0.1) is 0 Å². The summed E-state index contributed by atoms with van der Waals surface area (Å²) in [6.07, 6.45) is 8.37. The maximum atomic E-state index is 4.61. The maximum Gasteiger partial charge on any atom is 0.0926 e. The SMILES string of the molecule is c1cncc(C2c3nc[nH]c3CCN2Cc2cccc3ccnn23)c1. The number of nitrogens with one attached hydrogen (secondary N) is 1. The lowest BCUT2D eigenvalue weighted by Gasteiger charge is -2.35. The second kappa shape index (κ2) is 5.82. The molecule has 0 aliphatic carbocycles. The molecule has 1 unspecified atom stereocenters. The lowest BCUT2D eigenvalue weighted by Crippen LogP contribution is -2.36. The van der Waals surface area contributed by atoms with E-state index >= 15 is 0 Å². The highest BCUT2D eigenvalue weighted by molar-refractivity contribution is 5.46. The van der Waals surface area contributed by atoms with E-state index < -0.39 is 0 Å². The molecule has 0 radical (unpaired) electrons. The van der Waals surface area contributed by atoms with Gasteiger partial charge < -0.3 is 4.98 Å². The molecule has 0 amide bonds. The van der Waals surface area contributed by atoms with Gasteiger partial charge in [0.15, 0.2) is 0 Å². The second-order valence-corrected chi connectivity index (χ2v) is 6.36. The van der Waals surface area contributed by atoms with Gasteiger partial charge in [-0.05, 0) is 29.8 Å². The molecule has 5 heterocycles. The Labute approximate surface area is 145 Å². The summed E-state index contributed by atoms with van der Waals surface area (Å²) >= 11 is 0. The number of rotatable bonds is 3. The molecule has 0 bridgehead atoms. The molecule has 5 rings (SSSR count). The normalized spacial score (nSPS) is 17.7. The zero-order valence-electron chi connectivity index (χ0n) is 13.7. The van der Waals surface area contributed by atoms with E-state index in [9.17, 15) is 0 Å². The van der Waals surface area contributed by atoms with Gasteiger partial charge in [0.25, 0.3) is 0 Å². The number of H-pyrrole nitrogens is 1. The van der Waals surface area contributed by atoms with Gasteiger partial charge in [-0.2, -0.15) is 5.10 Å². The third-order valence-electron chi connectivity index (χ3n) is 4.89. The Hall–Kier alpha value is -2.99. The molecule has 0 spiro atoms. The van der Waals surface area contributed by atoms with Crippen LogP contribution in [0.2, 0.25) is 0 Å². The zero-order valence-corrected chi connectivity index (χ0v) is 13.7. The molecule has 1 aliphatic heterocycles. The lowest BCUT2D eigenvalue weighted by atomic mass is 9.96. The first kappa shape index (κ1) is 14.4. The predicted octanol–water partition coefficient (Wildman–Crippen LogP) is 2.60. The fourth-order valence-corrected chi connectivity index (χ4v) is 3.74. The predicted molar refractivity (Wildman–Crippen MR) is 94.0 cm³/mol. The molecule has 0 aromatic carbocycles. The fourth-order valence-electron chi connectivity index (χ4n) is 3.74. The van der Waals surface area contributed by atoms with E-state index in [1.54, 1.807) is 6.33 Å². The highest BCUT2D eigenvalue weighted by Crippen LogP contribution is 2.33. The van der Waals surface area contributed by atoms with Crippen LogP contribution < -0.4 is 0 Å². The van der Waals surface area contributed by atoms with Crippen molar-refractivity contribution in [1.82, 2.24) is 29.5 Å². The molecule has 1 N–H and O–H groups in total. The second-order valence-electron chi connectivity index (χ2n) is 6.36. The monoisotopic (exact) mass is 330 g/mol. The summed E-state index contributed by atoms with van der Waals surface area (Å²) in [5, 5.41) is 4.47. The van der Waals surface area contributed by atoms with Gasteiger partial charge in [0.05, 0.1) is 29.3 Å². The van der Waals surface area contributed by atoms with Gasteiger partial charge >= 0.3 is 0 Å². The van der Waals surface area contributed by atoms with Crippen LogP contribution in [0, 0.1) is 0 Å². The van der Waals surface area contributed by atoms with Crippen molar-refractivity contribution in [1.29, 1.82) is 0 Å². The lowest BCUT2D eigenvalue weighted by molar-refractivity contribution is 0.196. The van der Waals surface area contributed by atoms with Crippen molar-refractivity contribution in [2.75, 3.05) is 6.54 Å². The first-order valence-corrected chi connectivity index (χ1v) is 8.48. The topological polar surface area (TPSA) is 62.1 Å². The smallest absolute Gasteiger partial charge is 0.0926 e. The van der Waals surface area contributed by atoms with Crippen molar-refractivity contribution < 1.29 is 0 Å². The van der Waals surface area contributed by atoms with Crippen LogP contribution in [0.15, 0.2) is 61.3 Å². The highest BCUT2D eigenvalue weighted by atomic mass is 15.3. The van der Waals surface area contributed by atoms with Gasteiger partial charge in [0.2, 0.25) is 0 Å². The standard InChI is InChI=1S/C19H18N6/c1-4-15-6-9-23-25(15)16(5-1)12-24-10-7-17-18(22-13-21-17)19(24)14-3-2-8-20-11-14/h1-6,8-9,11,13,19H,7,10,12H2,(H,21,22). The minimum Gasteiger partial charge on any atom is -0.348 e. The Morgan fingerprint density at radius 3 is 3.04 bits per heavy atom. The molecule has 6 nitrogen and oxygen atoms in total. The van der Waals surface area contributed by atoms with E-state index in [0.29, 0.717) is 0 Å². The molecule has 0 saturated carbocycles. The van der Waals surface area contributed by atoms with Crippen molar-refractivity contribution in [3.05, 3.63) is 84.0 Å². The molecule has 0 fully saturated rings. The first-order valence-electron chi connectivity index (χ1n) is 8.48. The molecule has 25 heavy (non-hydrogen) atoms. The Bertz CT molecular complexity index is 1000. The molecule has 4 aromatic heterocycles. The maximum absolute atomic E-state index is 4.61. The zero-order chi connectivity index (χ0) is 16.6. The van der Waals surface area contributed by atoms with E-state index in [1.165, 1.54) is 17.0 Å². The summed E-state index contributed by atoms with van der Waals surface area (Å²) in [5.41, 5.74) is 5.79. The van der Waals surface area contributed by atoms with Gasteiger partial charge in [-0.25, -0.2) is 9.50 Å². The molecule has 124 valence electrons. The summed E-state index contributed by atoms with van der Waals surface area (Å²) in [6.45, 7) is 1.78. The quantitative estimate of drug-likeness (QED) is 0.627. The van der Waals surface area contributed by atoms with Gasteiger partial charge in [0, 0.05) is 43.8 Å². The summed E-state index contributed by atoms with van der Waals surface area (Å²) in [6, 6.07) is 12.6. The summed E-state index contributed by atoms with van der Waals surface area (Å²) < 4.78 is 2.01. The van der Waals surface area contributed by atoms with Crippen LogP contribution in [0.3, 0.4) is 0 Å². The van der Waals surface area contributed by atoms with Crippen molar-refractivity contribution in [3.63, 3.8) is 0 Å². The third kappa shape index (κ3) is 2.42. The van der Waals surface area contributed by atoms with Crippen LogP contribution in [0.4, 0.5) is 0 Å². The van der Waals surface area contributed by atoms with Crippen LogP contribution in [0.25, 0.3) is 5.52 Å². The van der Waals surface area contributed by atoms with Crippen LogP contribution in [0.1, 0.15) is 28.7 Å². The van der Waals surface area contributed by atoms with Crippen LogP contribution >= 0.6 is 0 Å². The van der Waals surface area contributed by atoms with E-state index in [-0.39, 0.29) is 6.04 Å². The molecule has 1 atom stereocenters. The van der Waals surface area contributed by atoms with Crippen molar-refractivity contribution in [2.45, 2.75) is 19.0 Å². The minimum absolute atomic E-state index is 0.106. The fraction of sp³-hybridized carbons (Fsp3) is 0.211. The Morgan fingerprint density at radius 1 is 1.12 bits per heavy atom. The summed E-state index contributed by atoms with van der Waals surface area (Å²) in [5.74, 6) is 0. The average Bonchev–Trinajstić information content (AvgIpc) is 3.32. The van der Waals surface area contributed by atoms with E-state index in [2.05, 4.69) is 49.2 Å². The van der Waals surface area contributed by atoms with E-state index in [0.717, 1.165) is 30.7 Å². The van der Waals surface area contributed by atoms with E-state index in [1.807, 2.05) is 35.2 Å². The number of imidazole rings is 1. The third-order valence-corrected chi connectivity index (χ3v) is 4.89. The van der Waals surface area contributed by atoms with Gasteiger partial charge in [0.1, 0.15) is 0 Å². The Balaban J connectivity index is 1.57. The van der Waals surface area contributed by atoms with Crippen LogP contribution in [0.5, 0.6) is 0 Å². The van der Waals surface area contributed by atoms with Crippen molar-refractivity contribution in [3.8, 4) is 0 Å². The average molecular weight is 330 g/mol. The van der Waals surface area contributed by atoms with E-state index in [4.69, 9.17) is 0 Å². The number of nitrogens with zero attached hydrogens (tertiary/aromatic N) is 5. The number of fused-ring (bicyclic) bond motifs is 2. The number of aromatic nitrogens is 5. The Kier molecular flexibility index (Phi) is 3.34. The number of aromatic amines is 1. The molecule has 0 saturated heterocycles. The summed E-state index contributed by atoms with van der Waals surface area (Å²) in [4.78, 5) is 14.7. The summed E-state index contributed by atoms with van der Waals surface area (Å²) in [7, 11) is 0. The van der Waals surface area contributed by atoms with Crippen molar-refractivity contribution >= 4 is 5.52 Å². The molecule has 4 aromatic rings. The largest absolute Gasteiger partial charge is 0.348 e. The number of pyridine rings is 2. The van der Waals surface area contributed by atoms with Crippen LogP contribution in [-0.4, -0.2) is 36.0 Å². The molecule has 6 heteroatoms. The molecular weight excluding hydrogens is 312 g/mol. The molecule has 1 aliphatic rings. The minimum atomic E-state index is 0.106. The molecular formula is C19H18N6. The Morgan fingerprint density at radius 2 is 2.12 bits per heavy atom. The highest BCUT2D eigenvalue weighted by Gasteiger charge is 2.31. The van der Waals surface area contributed by atoms with Gasteiger partial charge in [-0.3, -0.25) is 9.88 Å². The number of hydrogen-bond donors (Lipinski definition) is 1.